The second kappa shape index (κ2) is 6.80. The van der Waals surface area contributed by atoms with Crippen molar-refractivity contribution in [1.82, 2.24) is 24.8 Å². The quantitative estimate of drug-likeness (QED) is 0.794. The van der Waals surface area contributed by atoms with Crippen LogP contribution in [0.5, 0.6) is 0 Å². The number of piperidine rings is 1. The highest BCUT2D eigenvalue weighted by Crippen LogP contribution is 2.29. The summed E-state index contributed by atoms with van der Waals surface area (Å²) < 4.78 is 0. The van der Waals surface area contributed by atoms with E-state index in [9.17, 15) is 0 Å². The van der Waals surface area contributed by atoms with Gasteiger partial charge in [0, 0.05) is 44.8 Å². The highest BCUT2D eigenvalue weighted by molar-refractivity contribution is 5.87. The fourth-order valence-electron chi connectivity index (χ4n) is 3.81. The van der Waals surface area contributed by atoms with E-state index < -0.39 is 0 Å². The van der Waals surface area contributed by atoms with Crippen LogP contribution in [-0.2, 0) is 6.54 Å². The lowest BCUT2D eigenvalue weighted by Crippen LogP contribution is -2.50. The number of nitrogens with one attached hydrogen (secondary N) is 1. The van der Waals surface area contributed by atoms with Gasteiger partial charge in [0.05, 0.1) is 5.39 Å². The number of likely N-dealkylation sites (N-methyl/N-ethyl adjacent to an activating group) is 1. The molecule has 2 atom stereocenters. The number of aromatic amines is 1. The first-order valence-corrected chi connectivity index (χ1v) is 8.84. The van der Waals surface area contributed by atoms with E-state index in [0.717, 1.165) is 36.5 Å². The summed E-state index contributed by atoms with van der Waals surface area (Å²) in [6, 6.07) is 6.70. The SMILES string of the molecule is CC1CCN(Cc2ccncc2)CC1N(C)c1ncnc2[nH]ccc12. The van der Waals surface area contributed by atoms with Crippen molar-refractivity contribution >= 4 is 16.9 Å². The molecule has 0 bridgehead atoms. The van der Waals surface area contributed by atoms with Crippen molar-refractivity contribution in [2.75, 3.05) is 25.0 Å². The Labute approximate surface area is 147 Å². The number of fused-ring (bicyclic) bond motifs is 1. The van der Waals surface area contributed by atoms with Gasteiger partial charge in [0.1, 0.15) is 17.8 Å². The minimum atomic E-state index is 0.434. The summed E-state index contributed by atoms with van der Waals surface area (Å²) >= 11 is 0. The van der Waals surface area contributed by atoms with Gasteiger partial charge in [-0.25, -0.2) is 9.97 Å². The van der Waals surface area contributed by atoms with Crippen LogP contribution in [0, 0.1) is 5.92 Å². The maximum Gasteiger partial charge on any atom is 0.142 e. The molecule has 1 aliphatic rings. The van der Waals surface area contributed by atoms with Gasteiger partial charge < -0.3 is 9.88 Å². The number of nitrogens with zero attached hydrogens (tertiary/aromatic N) is 5. The molecule has 1 aliphatic heterocycles. The van der Waals surface area contributed by atoms with E-state index >= 15 is 0 Å². The summed E-state index contributed by atoms with van der Waals surface area (Å²) in [7, 11) is 2.16. The van der Waals surface area contributed by atoms with Gasteiger partial charge in [-0.15, -0.1) is 0 Å². The number of hydrogen-bond acceptors (Lipinski definition) is 5. The zero-order valence-corrected chi connectivity index (χ0v) is 14.8. The molecule has 6 heteroatoms. The maximum atomic E-state index is 4.57. The lowest BCUT2D eigenvalue weighted by molar-refractivity contribution is 0.159. The Morgan fingerprint density at radius 1 is 1.24 bits per heavy atom. The minimum Gasteiger partial charge on any atom is -0.354 e. The molecule has 0 spiro atoms. The summed E-state index contributed by atoms with van der Waals surface area (Å²) in [5.41, 5.74) is 2.22. The van der Waals surface area contributed by atoms with Gasteiger partial charge in [-0.1, -0.05) is 6.92 Å². The fourth-order valence-corrected chi connectivity index (χ4v) is 3.81. The normalized spacial score (nSPS) is 21.5. The number of pyridine rings is 1. The van der Waals surface area contributed by atoms with Gasteiger partial charge in [-0.3, -0.25) is 9.88 Å². The van der Waals surface area contributed by atoms with E-state index in [1.54, 1.807) is 6.33 Å². The van der Waals surface area contributed by atoms with Gasteiger partial charge in [0.25, 0.3) is 0 Å². The summed E-state index contributed by atoms with van der Waals surface area (Å²) in [6.45, 7) is 5.50. The molecule has 4 heterocycles. The van der Waals surface area contributed by atoms with Crippen LogP contribution in [0.25, 0.3) is 11.0 Å². The highest BCUT2D eigenvalue weighted by Gasteiger charge is 2.30. The van der Waals surface area contributed by atoms with E-state index in [1.807, 2.05) is 18.6 Å². The molecule has 3 aromatic heterocycles. The summed E-state index contributed by atoms with van der Waals surface area (Å²) in [4.78, 5) is 21.0. The first-order valence-electron chi connectivity index (χ1n) is 8.84. The first kappa shape index (κ1) is 16.0. The Balaban J connectivity index is 1.54. The molecule has 3 aromatic rings. The van der Waals surface area contributed by atoms with E-state index in [2.05, 4.69) is 61.9 Å². The van der Waals surface area contributed by atoms with E-state index in [4.69, 9.17) is 0 Å². The molecule has 1 fully saturated rings. The monoisotopic (exact) mass is 336 g/mol. The van der Waals surface area contributed by atoms with Crippen molar-refractivity contribution in [2.24, 2.45) is 5.92 Å². The average Bonchev–Trinajstić information content (AvgIpc) is 3.12. The molecule has 1 saturated heterocycles. The lowest BCUT2D eigenvalue weighted by Gasteiger charge is -2.42. The lowest BCUT2D eigenvalue weighted by atomic mass is 9.92. The van der Waals surface area contributed by atoms with Gasteiger partial charge in [-0.2, -0.15) is 0 Å². The third-order valence-electron chi connectivity index (χ3n) is 5.32. The van der Waals surface area contributed by atoms with Crippen molar-refractivity contribution in [2.45, 2.75) is 25.9 Å². The second-order valence-corrected chi connectivity index (χ2v) is 6.97. The predicted molar refractivity (Wildman–Crippen MR) is 99.4 cm³/mol. The summed E-state index contributed by atoms with van der Waals surface area (Å²) in [6.07, 6.45) is 8.51. The Morgan fingerprint density at radius 2 is 2.08 bits per heavy atom. The van der Waals surface area contributed by atoms with Crippen LogP contribution >= 0.6 is 0 Å². The van der Waals surface area contributed by atoms with Crippen LogP contribution in [0.2, 0.25) is 0 Å². The van der Waals surface area contributed by atoms with Crippen LogP contribution in [0.3, 0.4) is 0 Å². The maximum absolute atomic E-state index is 4.57. The first-order chi connectivity index (χ1) is 12.2. The third-order valence-corrected chi connectivity index (χ3v) is 5.32. The van der Waals surface area contributed by atoms with Gasteiger partial charge in [0.2, 0.25) is 0 Å². The minimum absolute atomic E-state index is 0.434. The predicted octanol–water partition coefficient (Wildman–Crippen LogP) is 2.70. The molecule has 4 rings (SSSR count). The molecule has 130 valence electrons. The van der Waals surface area contributed by atoms with Crippen LogP contribution in [0.15, 0.2) is 43.1 Å². The molecule has 0 saturated carbocycles. The molecule has 0 aliphatic carbocycles. The highest BCUT2D eigenvalue weighted by atomic mass is 15.3. The van der Waals surface area contributed by atoms with Gasteiger partial charge in [0.15, 0.2) is 0 Å². The number of anilines is 1. The van der Waals surface area contributed by atoms with Crippen LogP contribution in [0.4, 0.5) is 5.82 Å². The number of H-pyrrole nitrogens is 1. The molecular weight excluding hydrogens is 312 g/mol. The Hall–Kier alpha value is -2.47. The standard InChI is InChI=1S/C19H24N6/c1-14-6-10-25(11-15-3-7-20-8-4-15)12-17(14)24(2)19-16-5-9-21-18(16)22-13-23-19/h3-5,7-9,13-14,17H,6,10-12H2,1-2H3,(H,21,22,23). The Bertz CT molecular complexity index is 830. The van der Waals surface area contributed by atoms with E-state index in [0.29, 0.717) is 12.0 Å². The molecule has 0 amide bonds. The van der Waals surface area contributed by atoms with Crippen molar-refractivity contribution in [3.8, 4) is 0 Å². The number of aromatic nitrogens is 4. The largest absolute Gasteiger partial charge is 0.354 e. The summed E-state index contributed by atoms with van der Waals surface area (Å²) in [5, 5.41) is 1.09. The Morgan fingerprint density at radius 3 is 2.92 bits per heavy atom. The third kappa shape index (κ3) is 3.22. The number of hydrogen-bond donors (Lipinski definition) is 1. The number of likely N-dealkylation sites (tertiary alicyclic amines) is 1. The van der Waals surface area contributed by atoms with Crippen molar-refractivity contribution in [3.63, 3.8) is 0 Å². The molecule has 25 heavy (non-hydrogen) atoms. The smallest absolute Gasteiger partial charge is 0.142 e. The van der Waals surface area contributed by atoms with Crippen molar-refractivity contribution < 1.29 is 0 Å². The van der Waals surface area contributed by atoms with Crippen molar-refractivity contribution in [1.29, 1.82) is 0 Å². The molecule has 0 radical (unpaired) electrons. The number of rotatable bonds is 4. The zero-order valence-electron chi connectivity index (χ0n) is 14.8. The zero-order chi connectivity index (χ0) is 17.2. The molecular formula is C19H24N6. The fraction of sp³-hybridized carbons (Fsp3) is 0.421. The average molecular weight is 336 g/mol. The van der Waals surface area contributed by atoms with E-state index in [1.165, 1.54) is 12.0 Å². The molecule has 6 nitrogen and oxygen atoms in total. The van der Waals surface area contributed by atoms with Gasteiger partial charge in [-0.05, 0) is 42.6 Å². The second-order valence-electron chi connectivity index (χ2n) is 6.97. The van der Waals surface area contributed by atoms with Crippen LogP contribution < -0.4 is 4.90 Å². The van der Waals surface area contributed by atoms with Crippen LogP contribution in [-0.4, -0.2) is 51.0 Å². The Kier molecular flexibility index (Phi) is 4.36. The molecule has 0 aromatic carbocycles. The van der Waals surface area contributed by atoms with Crippen molar-refractivity contribution in [3.05, 3.63) is 48.7 Å². The van der Waals surface area contributed by atoms with Crippen LogP contribution in [0.1, 0.15) is 18.9 Å². The van der Waals surface area contributed by atoms with Gasteiger partial charge >= 0.3 is 0 Å². The molecule has 1 N–H and O–H groups in total. The summed E-state index contributed by atoms with van der Waals surface area (Å²) in [5.74, 6) is 1.64. The topological polar surface area (TPSA) is 60.9 Å². The molecule has 2 unspecified atom stereocenters. The van der Waals surface area contributed by atoms with E-state index in [-0.39, 0.29) is 0 Å².